The second kappa shape index (κ2) is 73.3. The topological polar surface area (TPSA) is 283 Å². The second-order valence-corrected chi connectivity index (χ2v) is 26.3. The van der Waals surface area contributed by atoms with E-state index in [2.05, 4.69) is 154 Å². The van der Waals surface area contributed by atoms with Crippen LogP contribution in [0.4, 0.5) is 0 Å². The summed E-state index contributed by atoms with van der Waals surface area (Å²) in [6, 6.07) is 4.94. The normalized spacial score (nSPS) is 10.2. The van der Waals surface area contributed by atoms with Gasteiger partial charge < -0.3 is 44.3 Å². The molecule has 0 aliphatic heterocycles. The lowest BCUT2D eigenvalue weighted by molar-refractivity contribution is -0.644. The van der Waals surface area contributed by atoms with Gasteiger partial charge >= 0.3 is 29.8 Å². The summed E-state index contributed by atoms with van der Waals surface area (Å²) >= 11 is 0. The third kappa shape index (κ3) is 82.6. The summed E-state index contributed by atoms with van der Waals surface area (Å²) in [7, 11) is 0. The van der Waals surface area contributed by atoms with Crippen LogP contribution in [0.2, 0.25) is 0 Å². The smallest absolute Gasteiger partial charge is 0.348 e. The Morgan fingerprint density at radius 3 is 0.969 bits per heavy atom. The van der Waals surface area contributed by atoms with E-state index in [1.807, 2.05) is 18.1 Å². The van der Waals surface area contributed by atoms with Crippen molar-refractivity contribution in [1.82, 2.24) is 0 Å². The predicted octanol–water partition coefficient (Wildman–Crippen LogP) is 17.0. The third-order valence-electron chi connectivity index (χ3n) is 12.9. The zero-order valence-electron chi connectivity index (χ0n) is 63.1. The highest BCUT2D eigenvalue weighted by Crippen LogP contribution is 2.15. The highest BCUT2D eigenvalue weighted by molar-refractivity contribution is 5.98. The Kier molecular flexibility index (Phi) is 77.9. The van der Waals surface area contributed by atoms with Crippen molar-refractivity contribution in [2.75, 3.05) is 52.7 Å². The van der Waals surface area contributed by atoms with Crippen molar-refractivity contribution < 1.29 is 62.8 Å². The number of esters is 5. The van der Waals surface area contributed by atoms with Gasteiger partial charge in [0.1, 0.15) is 41.5 Å². The van der Waals surface area contributed by atoms with E-state index in [1.54, 1.807) is 18.2 Å². The molecule has 0 fully saturated rings. The van der Waals surface area contributed by atoms with Crippen molar-refractivity contribution in [2.24, 2.45) is 47.3 Å². The van der Waals surface area contributed by atoms with E-state index in [0.29, 0.717) is 88.1 Å². The van der Waals surface area contributed by atoms with Crippen LogP contribution >= 0.6 is 0 Å². The molecular formula is C77H130N7O12-. The second-order valence-electron chi connectivity index (χ2n) is 26.3. The highest BCUT2D eigenvalue weighted by atomic mass is 16.6. The first-order chi connectivity index (χ1) is 45.1. The van der Waals surface area contributed by atoms with Crippen LogP contribution in [0.25, 0.3) is 15.1 Å². The predicted molar refractivity (Wildman–Crippen MR) is 385 cm³/mol. The van der Waals surface area contributed by atoms with Crippen LogP contribution < -0.4 is 10.4 Å². The summed E-state index contributed by atoms with van der Waals surface area (Å²) in [6.45, 7) is 68.7. The fourth-order valence-corrected chi connectivity index (χ4v) is 7.13. The lowest BCUT2D eigenvalue weighted by Gasteiger charge is -2.17. The number of hydrogen-bond donors (Lipinski definition) is 1. The largest absolute Gasteiger partial charge is 0.763 e. The molecule has 0 bridgehead atoms. The lowest BCUT2D eigenvalue weighted by atomic mass is 10.0. The average Bonchev–Trinajstić information content (AvgIpc) is 3.04. The summed E-state index contributed by atoms with van der Waals surface area (Å²) in [4.78, 5) is 61.3. The maximum absolute atomic E-state index is 11.7. The summed E-state index contributed by atoms with van der Waals surface area (Å²) in [5.74, 6) is 4.02. The molecule has 0 unspecified atom stereocenters. The Hall–Kier alpha value is -7.49. The highest BCUT2D eigenvalue weighted by Gasteiger charge is 2.12. The molecule has 0 saturated heterocycles. The molecule has 0 atom stereocenters. The van der Waals surface area contributed by atoms with Gasteiger partial charge in [0, 0.05) is 0 Å². The molecule has 19 heteroatoms. The summed E-state index contributed by atoms with van der Waals surface area (Å²) in [5, 5.41) is 47.2. The van der Waals surface area contributed by atoms with E-state index in [1.165, 1.54) is 38.5 Å². The van der Waals surface area contributed by atoms with Crippen LogP contribution in [0.1, 0.15) is 259 Å². The molecule has 0 heterocycles. The van der Waals surface area contributed by atoms with Crippen LogP contribution in [-0.4, -0.2) is 88.4 Å². The van der Waals surface area contributed by atoms with Gasteiger partial charge in [-0.1, -0.05) is 195 Å². The fourth-order valence-electron chi connectivity index (χ4n) is 7.13. The maximum atomic E-state index is 11.7. The number of nitrogens with two attached hydrogens (primary N) is 1. The van der Waals surface area contributed by atoms with Gasteiger partial charge in [-0.25, -0.2) is 28.9 Å². The third-order valence-corrected chi connectivity index (χ3v) is 12.9. The van der Waals surface area contributed by atoms with Crippen molar-refractivity contribution in [3.05, 3.63) is 94.2 Å². The summed E-state index contributed by atoms with van der Waals surface area (Å²) in [5.41, 5.74) is -0.0892. The first-order valence-corrected chi connectivity index (χ1v) is 34.8. The zero-order chi connectivity index (χ0) is 75.2. The number of unbranched alkanes of at least 4 members (excludes halogenated alkanes) is 4. The van der Waals surface area contributed by atoms with E-state index in [9.17, 15) is 29.1 Å². The molecule has 2 N–H and O–H groups in total. The minimum atomic E-state index is -0.605. The molecule has 0 spiro atoms. The molecule has 546 valence electrons. The minimum absolute atomic E-state index is 0.135. The Morgan fingerprint density at radius 2 is 0.708 bits per heavy atom. The SMILES string of the molecule is C=C(C#N)C(=O)OCCCC(C)C.C=C(C#N)C(=O)OCCCC(C)C.C=C(C#N)C(=O)OCCCC(C)C.CC(C)CCCCCC(=C=[N-])C(=O)OCCCC(C)C.CCCCCC(C)C.[C-]#[N+]C(=C)C(=O)OCCCC(C)C.[C-]#[N+]C(C[NH2+]CC)=C([O-])OCCCC(C)C. The van der Waals surface area contributed by atoms with E-state index in [-0.39, 0.29) is 33.7 Å². The van der Waals surface area contributed by atoms with Crippen LogP contribution in [0.5, 0.6) is 0 Å². The Labute approximate surface area is 583 Å². The molecule has 0 radical (unpaired) electrons. The number of nitrogens with zero attached hydrogens (tertiary/aromatic N) is 6. The van der Waals surface area contributed by atoms with Crippen molar-refractivity contribution in [1.29, 1.82) is 15.8 Å². The number of carbonyl (C=O) groups excluding carboxylic acids is 5. The van der Waals surface area contributed by atoms with Crippen LogP contribution in [0, 0.1) is 94.5 Å². The number of rotatable bonds is 43. The van der Waals surface area contributed by atoms with Crippen molar-refractivity contribution in [3.63, 3.8) is 0 Å². The number of nitriles is 3. The Bertz CT molecular complexity index is 2220. The van der Waals surface area contributed by atoms with Gasteiger partial charge in [0.05, 0.1) is 64.2 Å². The van der Waals surface area contributed by atoms with Gasteiger partial charge in [-0.3, -0.25) is 10.7 Å². The monoisotopic (exact) mass is 1340 g/mol. The maximum Gasteiger partial charge on any atom is 0.348 e. The van der Waals surface area contributed by atoms with Gasteiger partial charge in [0.2, 0.25) is 5.70 Å². The molecule has 0 aliphatic carbocycles. The summed E-state index contributed by atoms with van der Waals surface area (Å²) in [6.07, 6.45) is 21.8. The summed E-state index contributed by atoms with van der Waals surface area (Å²) < 4.78 is 29.3. The van der Waals surface area contributed by atoms with Crippen molar-refractivity contribution in [3.8, 4) is 18.2 Å². The number of ether oxygens (including phenoxy) is 6. The first-order valence-electron chi connectivity index (χ1n) is 34.8. The molecule has 0 aromatic carbocycles. The Balaban J connectivity index is -0.000000195. The lowest BCUT2D eigenvalue weighted by Crippen LogP contribution is -2.84. The minimum Gasteiger partial charge on any atom is -0.763 e. The van der Waals surface area contributed by atoms with Gasteiger partial charge in [-0.2, -0.15) is 15.8 Å². The standard InChI is InChI=1S/C17H30NO2.C12H22N2O2.4C10H15NO2.C8H18/c1-14(2)9-6-5-7-11-16(13-18)17(19)20-12-8-10-15(3)4;1-5-14-9-11(13-4)12(15)16-8-6-7-10(2)3;1-8(2)6-5-7-13-10(12)9(3)11-4;3*1-8(2)5-4-6-13-10(12)9(3)7-11;1-4-5-6-7-8(2)3/h14-15H,5-12H2,1-4H3;10,14-15H,5-9H2,1-3H3;8H,3,5-7H2,1-2H3;3*8H,3-6H2,1-2H3;8H,4-7H2,1-3H3/q-1;;;;;;. The first kappa shape index (κ1) is 102. The van der Waals surface area contributed by atoms with Crippen molar-refractivity contribution in [2.45, 2.75) is 259 Å². The van der Waals surface area contributed by atoms with E-state index < -0.39 is 35.8 Å². The van der Waals surface area contributed by atoms with Gasteiger partial charge in [0.15, 0.2) is 0 Å². The molecule has 96 heavy (non-hydrogen) atoms. The molecule has 0 saturated carbocycles. The molecule has 0 aliphatic rings. The number of carbonyl (C=O) groups is 5. The molecule has 0 aromatic heterocycles. The molecule has 0 aromatic rings. The van der Waals surface area contributed by atoms with Crippen LogP contribution in [-0.2, 0) is 52.4 Å². The van der Waals surface area contributed by atoms with Gasteiger partial charge in [-0.05, 0) is 144 Å². The van der Waals surface area contributed by atoms with E-state index in [4.69, 9.17) is 62.8 Å². The van der Waals surface area contributed by atoms with E-state index in [0.717, 1.165) is 108 Å². The van der Waals surface area contributed by atoms with Crippen LogP contribution in [0.3, 0.4) is 0 Å². The number of hydrogen-bond acceptors (Lipinski definition) is 15. The van der Waals surface area contributed by atoms with E-state index >= 15 is 0 Å². The fraction of sp³-hybridized carbons (Fsp3) is 0.714. The number of likely N-dealkylation sites (N-methyl/N-ethyl adjacent to an activating group) is 1. The molecular weight excluding hydrogens is 1210 g/mol. The molecule has 0 rings (SSSR count). The molecule has 19 nitrogen and oxygen atoms in total. The van der Waals surface area contributed by atoms with Crippen molar-refractivity contribution >= 4 is 35.7 Å². The van der Waals surface area contributed by atoms with Crippen LogP contribution in [0.15, 0.2) is 65.9 Å². The zero-order valence-corrected chi connectivity index (χ0v) is 63.1. The Morgan fingerprint density at radius 1 is 0.427 bits per heavy atom. The quantitative estimate of drug-likeness (QED) is 0.00868. The number of quaternary nitrogens is 1. The average molecular weight is 1350 g/mol. The van der Waals surface area contributed by atoms with Gasteiger partial charge in [-0.15, -0.1) is 0 Å². The molecule has 0 amide bonds. The van der Waals surface area contributed by atoms with Gasteiger partial charge in [0.25, 0.3) is 5.70 Å².